The van der Waals surface area contributed by atoms with E-state index in [1.165, 1.54) is 28.0 Å². The average Bonchev–Trinajstić information content (AvgIpc) is 3.34. The van der Waals surface area contributed by atoms with Gasteiger partial charge in [-0.25, -0.2) is 13.1 Å². The molecule has 1 aliphatic carbocycles. The van der Waals surface area contributed by atoms with E-state index >= 15 is 0 Å². The first-order valence-electron chi connectivity index (χ1n) is 10.4. The molecular weight excluding hydrogens is 392 g/mol. The van der Waals surface area contributed by atoms with E-state index in [1.807, 2.05) is 0 Å². The molecule has 156 valence electrons. The topological polar surface area (TPSA) is 93.3 Å². The van der Waals surface area contributed by atoms with Crippen molar-refractivity contribution < 1.29 is 8.42 Å². The molecule has 10 heteroatoms. The first-order chi connectivity index (χ1) is 14.0. The Labute approximate surface area is 170 Å². The van der Waals surface area contributed by atoms with Gasteiger partial charge in [0, 0.05) is 45.0 Å². The van der Waals surface area contributed by atoms with Gasteiger partial charge in [0.15, 0.2) is 0 Å². The van der Waals surface area contributed by atoms with Crippen LogP contribution >= 0.6 is 0 Å². The standard InChI is InChI=1S/C19H26N6O3S/c26-19-9-17(22-6-2-7-22)10-21-25(19)16-3-1-8-24(13-16)29(27,28)18-11-20-23(14-18)12-15-4-5-15/h9-11,14-16H,1-8,12-13H2/t16-/m1/s1. The minimum absolute atomic E-state index is 0.170. The number of rotatable bonds is 6. The van der Waals surface area contributed by atoms with Gasteiger partial charge in [0.05, 0.1) is 24.1 Å². The minimum atomic E-state index is -3.63. The summed E-state index contributed by atoms with van der Waals surface area (Å²) in [5.41, 5.74) is 0.678. The highest BCUT2D eigenvalue weighted by Crippen LogP contribution is 2.31. The first kappa shape index (κ1) is 18.8. The molecule has 29 heavy (non-hydrogen) atoms. The van der Waals surface area contributed by atoms with Crippen molar-refractivity contribution in [3.05, 3.63) is 35.0 Å². The van der Waals surface area contributed by atoms with Gasteiger partial charge in [-0.1, -0.05) is 0 Å². The van der Waals surface area contributed by atoms with Crippen LogP contribution in [0.3, 0.4) is 0 Å². The van der Waals surface area contributed by atoms with E-state index in [2.05, 4.69) is 15.1 Å². The summed E-state index contributed by atoms with van der Waals surface area (Å²) in [6.07, 6.45) is 9.73. The van der Waals surface area contributed by atoms with Crippen LogP contribution in [0.4, 0.5) is 5.69 Å². The third-order valence-corrected chi connectivity index (χ3v) is 7.95. The van der Waals surface area contributed by atoms with E-state index in [9.17, 15) is 13.2 Å². The highest BCUT2D eigenvalue weighted by atomic mass is 32.2. The van der Waals surface area contributed by atoms with Crippen LogP contribution in [0.25, 0.3) is 0 Å². The van der Waals surface area contributed by atoms with Crippen molar-refractivity contribution in [3.8, 4) is 0 Å². The van der Waals surface area contributed by atoms with Crippen LogP contribution < -0.4 is 10.5 Å². The van der Waals surface area contributed by atoms with Gasteiger partial charge in [0.1, 0.15) is 4.90 Å². The van der Waals surface area contributed by atoms with Gasteiger partial charge < -0.3 is 4.90 Å². The molecule has 2 aromatic heterocycles. The van der Waals surface area contributed by atoms with Gasteiger partial charge >= 0.3 is 0 Å². The fourth-order valence-corrected chi connectivity index (χ4v) is 5.53. The van der Waals surface area contributed by atoms with Gasteiger partial charge in [-0.15, -0.1) is 0 Å². The normalized spacial score (nSPS) is 23.2. The van der Waals surface area contributed by atoms with Gasteiger partial charge in [-0.2, -0.15) is 14.5 Å². The molecule has 0 N–H and O–H groups in total. The highest BCUT2D eigenvalue weighted by molar-refractivity contribution is 7.89. The molecule has 0 spiro atoms. The summed E-state index contributed by atoms with van der Waals surface area (Å²) in [4.78, 5) is 15.0. The Bertz CT molecular complexity index is 1050. The number of hydrogen-bond donors (Lipinski definition) is 0. The second-order valence-corrected chi connectivity index (χ2v) is 10.3. The smallest absolute Gasteiger partial charge is 0.269 e. The lowest BCUT2D eigenvalue weighted by molar-refractivity contribution is 0.247. The van der Waals surface area contributed by atoms with Crippen LogP contribution in [0.15, 0.2) is 34.3 Å². The molecule has 0 amide bonds. The van der Waals surface area contributed by atoms with Crippen LogP contribution in [0.5, 0.6) is 0 Å². The molecule has 2 aromatic rings. The van der Waals surface area contributed by atoms with Crippen LogP contribution in [-0.4, -0.2) is 58.5 Å². The van der Waals surface area contributed by atoms with Gasteiger partial charge in [0.25, 0.3) is 5.56 Å². The number of hydrogen-bond acceptors (Lipinski definition) is 6. The third kappa shape index (κ3) is 3.71. The lowest BCUT2D eigenvalue weighted by Crippen LogP contribution is -2.44. The lowest BCUT2D eigenvalue weighted by Gasteiger charge is -2.34. The monoisotopic (exact) mass is 418 g/mol. The van der Waals surface area contributed by atoms with Crippen LogP contribution in [-0.2, 0) is 16.6 Å². The Morgan fingerprint density at radius 2 is 1.86 bits per heavy atom. The number of anilines is 1. The van der Waals surface area contributed by atoms with Crippen molar-refractivity contribution in [3.63, 3.8) is 0 Å². The van der Waals surface area contributed by atoms with E-state index in [1.54, 1.807) is 23.1 Å². The Morgan fingerprint density at radius 3 is 2.55 bits per heavy atom. The predicted molar refractivity (Wildman–Crippen MR) is 107 cm³/mol. The molecule has 5 rings (SSSR count). The molecule has 0 unspecified atom stereocenters. The molecule has 0 bridgehead atoms. The first-order valence-corrected chi connectivity index (χ1v) is 11.8. The average molecular weight is 419 g/mol. The molecule has 9 nitrogen and oxygen atoms in total. The van der Waals surface area contributed by atoms with Crippen molar-refractivity contribution in [1.29, 1.82) is 0 Å². The summed E-state index contributed by atoms with van der Waals surface area (Å²) in [6.45, 7) is 3.39. The highest BCUT2D eigenvalue weighted by Gasteiger charge is 2.33. The SMILES string of the molecule is O=c1cc(N2CCC2)cnn1[C@@H]1CCCN(S(=O)(=O)c2cnn(CC3CC3)c2)C1. The van der Waals surface area contributed by atoms with Gasteiger partial charge in [-0.05, 0) is 38.0 Å². The second kappa shape index (κ2) is 7.24. The molecule has 1 saturated carbocycles. The molecular formula is C19H26N6O3S. The summed E-state index contributed by atoms with van der Waals surface area (Å²) in [5.74, 6) is 0.627. The summed E-state index contributed by atoms with van der Waals surface area (Å²) in [6, 6.07) is 1.36. The largest absolute Gasteiger partial charge is 0.370 e. The van der Waals surface area contributed by atoms with E-state index in [4.69, 9.17) is 0 Å². The van der Waals surface area contributed by atoms with Crippen molar-refractivity contribution in [2.75, 3.05) is 31.1 Å². The maximum Gasteiger partial charge on any atom is 0.269 e. The minimum Gasteiger partial charge on any atom is -0.370 e. The Hall–Kier alpha value is -2.20. The number of aromatic nitrogens is 4. The van der Waals surface area contributed by atoms with Crippen LogP contribution in [0.1, 0.15) is 38.1 Å². The van der Waals surface area contributed by atoms with Crippen molar-refractivity contribution in [2.45, 2.75) is 49.6 Å². The van der Waals surface area contributed by atoms with Crippen LogP contribution in [0, 0.1) is 5.92 Å². The van der Waals surface area contributed by atoms with Crippen molar-refractivity contribution in [2.24, 2.45) is 5.92 Å². The summed E-state index contributed by atoms with van der Waals surface area (Å²) >= 11 is 0. The number of piperidine rings is 1. The quantitative estimate of drug-likeness (QED) is 0.697. The number of sulfonamides is 1. The lowest BCUT2D eigenvalue weighted by atomic mass is 10.1. The zero-order chi connectivity index (χ0) is 20.0. The Kier molecular flexibility index (Phi) is 4.70. The maximum absolute atomic E-state index is 13.1. The third-order valence-electron chi connectivity index (χ3n) is 6.13. The van der Waals surface area contributed by atoms with E-state index in [0.717, 1.165) is 38.2 Å². The molecule has 3 fully saturated rings. The van der Waals surface area contributed by atoms with Crippen LogP contribution in [0.2, 0.25) is 0 Å². The summed E-state index contributed by atoms with van der Waals surface area (Å²) in [7, 11) is -3.63. The molecule has 4 heterocycles. The number of nitrogens with zero attached hydrogens (tertiary/aromatic N) is 6. The molecule has 0 aromatic carbocycles. The molecule has 3 aliphatic rings. The predicted octanol–water partition coefficient (Wildman–Crippen LogP) is 1.09. The zero-order valence-corrected chi connectivity index (χ0v) is 17.2. The summed E-state index contributed by atoms with van der Waals surface area (Å²) < 4.78 is 30.9. The van der Waals surface area contributed by atoms with E-state index in [-0.39, 0.29) is 23.0 Å². The fourth-order valence-electron chi connectivity index (χ4n) is 4.06. The van der Waals surface area contributed by atoms with Crippen molar-refractivity contribution in [1.82, 2.24) is 23.9 Å². The maximum atomic E-state index is 13.1. The molecule has 0 radical (unpaired) electrons. The van der Waals surface area contributed by atoms with Gasteiger partial charge in [-0.3, -0.25) is 9.48 Å². The molecule has 1 atom stereocenters. The molecule has 2 saturated heterocycles. The second-order valence-electron chi connectivity index (χ2n) is 8.34. The zero-order valence-electron chi connectivity index (χ0n) is 16.4. The Balaban J connectivity index is 1.33. The van der Waals surface area contributed by atoms with E-state index < -0.39 is 10.0 Å². The van der Waals surface area contributed by atoms with Crippen molar-refractivity contribution >= 4 is 15.7 Å². The fraction of sp³-hybridized carbons (Fsp3) is 0.632. The van der Waals surface area contributed by atoms with E-state index in [0.29, 0.717) is 18.9 Å². The van der Waals surface area contributed by atoms with Gasteiger partial charge in [0.2, 0.25) is 10.0 Å². The molecule has 2 aliphatic heterocycles. The Morgan fingerprint density at radius 1 is 1.03 bits per heavy atom. The summed E-state index contributed by atoms with van der Waals surface area (Å²) in [5, 5.41) is 8.59.